The highest BCUT2D eigenvalue weighted by Crippen LogP contribution is 2.27. The van der Waals surface area contributed by atoms with Crippen LogP contribution in [0, 0.1) is 0 Å². The van der Waals surface area contributed by atoms with Crippen LogP contribution in [0.25, 0.3) is 10.8 Å². The van der Waals surface area contributed by atoms with Crippen molar-refractivity contribution in [1.82, 2.24) is 0 Å². The lowest BCUT2D eigenvalue weighted by Gasteiger charge is -2.11. The topological polar surface area (TPSA) is 9.23 Å². The lowest BCUT2D eigenvalue weighted by atomic mass is 9.91. The average molecular weight is 210 g/mol. The molecule has 0 N–H and O–H groups in total. The van der Waals surface area contributed by atoms with Crippen LogP contribution in [-0.2, 0) is 6.42 Å². The third kappa shape index (κ3) is 1.83. The third-order valence-electron chi connectivity index (χ3n) is 2.81. The first kappa shape index (κ1) is 10.8. The number of hydrogen-bond donors (Lipinski definition) is 0. The molecule has 2 heteroatoms. The van der Waals surface area contributed by atoms with Crippen molar-refractivity contribution in [2.45, 2.75) is 6.42 Å². The Labute approximate surface area is 97.1 Å². The van der Waals surface area contributed by atoms with E-state index in [1.165, 1.54) is 21.8 Å². The minimum absolute atomic E-state index is 0.837. The molecule has 0 spiro atoms. The van der Waals surface area contributed by atoms with Gasteiger partial charge in [-0.05, 0) is 23.3 Å². The van der Waals surface area contributed by atoms with Crippen LogP contribution >= 0.6 is 0 Å². The minimum Gasteiger partial charge on any atom is -0.496 e. The third-order valence-corrected chi connectivity index (χ3v) is 2.81. The van der Waals surface area contributed by atoms with Gasteiger partial charge >= 0.3 is 0 Å². The van der Waals surface area contributed by atoms with E-state index >= 15 is 0 Å². The SMILES string of the molecule is Bc1ccc2ccc(OC)c(CC=C)c2c1. The predicted octanol–water partition coefficient (Wildman–Crippen LogP) is 1.84. The highest BCUT2D eigenvalue weighted by atomic mass is 16.5. The standard InChI is InChI=1S/C14H15BO/c1-3-4-12-13-9-11(15)7-5-10(13)6-8-14(12)16-2/h3,5-9H,1,4,15H2,2H3. The summed E-state index contributed by atoms with van der Waals surface area (Å²) in [6.45, 7) is 3.81. The van der Waals surface area contributed by atoms with Gasteiger partial charge in [-0.15, -0.1) is 6.58 Å². The van der Waals surface area contributed by atoms with Crippen molar-refractivity contribution >= 4 is 24.1 Å². The van der Waals surface area contributed by atoms with E-state index in [9.17, 15) is 0 Å². The Morgan fingerprint density at radius 3 is 2.75 bits per heavy atom. The molecular formula is C14H15BO. The lowest BCUT2D eigenvalue weighted by molar-refractivity contribution is 0.411. The van der Waals surface area contributed by atoms with Gasteiger partial charge < -0.3 is 4.74 Å². The lowest BCUT2D eigenvalue weighted by Crippen LogP contribution is -2.02. The number of rotatable bonds is 3. The van der Waals surface area contributed by atoms with Crippen LogP contribution in [0.4, 0.5) is 0 Å². The quantitative estimate of drug-likeness (QED) is 0.554. The molecule has 0 aliphatic heterocycles. The van der Waals surface area contributed by atoms with Crippen molar-refractivity contribution in [2.75, 3.05) is 7.11 Å². The van der Waals surface area contributed by atoms with Gasteiger partial charge in [-0.25, -0.2) is 0 Å². The fourth-order valence-electron chi connectivity index (χ4n) is 2.02. The number of benzene rings is 2. The van der Waals surface area contributed by atoms with Crippen LogP contribution in [0.3, 0.4) is 0 Å². The molecule has 0 saturated carbocycles. The van der Waals surface area contributed by atoms with Crippen LogP contribution in [-0.4, -0.2) is 15.0 Å². The van der Waals surface area contributed by atoms with Crippen molar-refractivity contribution in [3.63, 3.8) is 0 Å². The van der Waals surface area contributed by atoms with E-state index in [4.69, 9.17) is 4.74 Å². The second-order valence-corrected chi connectivity index (χ2v) is 3.96. The van der Waals surface area contributed by atoms with Gasteiger partial charge in [-0.1, -0.05) is 35.8 Å². The van der Waals surface area contributed by atoms with E-state index in [0.717, 1.165) is 12.2 Å². The van der Waals surface area contributed by atoms with E-state index in [2.05, 4.69) is 38.7 Å². The summed E-state index contributed by atoms with van der Waals surface area (Å²) in [6.07, 6.45) is 2.75. The molecule has 0 aliphatic carbocycles. The maximum Gasteiger partial charge on any atom is 0.139 e. The summed E-state index contributed by atoms with van der Waals surface area (Å²) in [6, 6.07) is 10.6. The van der Waals surface area contributed by atoms with Crippen molar-refractivity contribution in [3.8, 4) is 5.75 Å². The van der Waals surface area contributed by atoms with Gasteiger partial charge in [0, 0.05) is 5.56 Å². The molecule has 0 aromatic heterocycles. The second kappa shape index (κ2) is 4.44. The Balaban J connectivity index is 2.75. The largest absolute Gasteiger partial charge is 0.496 e. The van der Waals surface area contributed by atoms with Gasteiger partial charge in [-0.3, -0.25) is 0 Å². The van der Waals surface area contributed by atoms with Gasteiger partial charge in [-0.2, -0.15) is 0 Å². The molecule has 2 rings (SSSR count). The summed E-state index contributed by atoms with van der Waals surface area (Å²) in [7, 11) is 3.82. The zero-order valence-corrected chi connectivity index (χ0v) is 9.79. The second-order valence-electron chi connectivity index (χ2n) is 3.96. The summed E-state index contributed by atoms with van der Waals surface area (Å²) in [5.74, 6) is 0.943. The number of ether oxygens (including phenoxy) is 1. The molecule has 16 heavy (non-hydrogen) atoms. The number of allylic oxidation sites excluding steroid dienone is 1. The monoisotopic (exact) mass is 210 g/mol. The summed E-state index contributed by atoms with van der Waals surface area (Å²) in [4.78, 5) is 0. The van der Waals surface area contributed by atoms with Gasteiger partial charge in [0.2, 0.25) is 0 Å². The minimum atomic E-state index is 0.837. The normalized spacial score (nSPS) is 10.3. The van der Waals surface area contributed by atoms with Crippen LogP contribution in [0.15, 0.2) is 43.0 Å². The molecule has 0 fully saturated rings. The molecule has 2 aromatic carbocycles. The molecule has 0 saturated heterocycles. The van der Waals surface area contributed by atoms with E-state index in [-0.39, 0.29) is 0 Å². The first-order chi connectivity index (χ1) is 7.76. The summed E-state index contributed by atoms with van der Waals surface area (Å²) in [5.41, 5.74) is 2.49. The highest BCUT2D eigenvalue weighted by molar-refractivity contribution is 6.33. The maximum atomic E-state index is 5.40. The molecule has 0 unspecified atom stereocenters. The summed E-state index contributed by atoms with van der Waals surface area (Å²) >= 11 is 0. The molecule has 0 atom stereocenters. The smallest absolute Gasteiger partial charge is 0.139 e. The maximum absolute atomic E-state index is 5.40. The van der Waals surface area contributed by atoms with Crippen molar-refractivity contribution in [1.29, 1.82) is 0 Å². The first-order valence-electron chi connectivity index (χ1n) is 5.43. The summed E-state index contributed by atoms with van der Waals surface area (Å²) in [5, 5.41) is 2.52. The Kier molecular flexibility index (Phi) is 3.00. The molecule has 0 radical (unpaired) electrons. The van der Waals surface area contributed by atoms with Crippen molar-refractivity contribution < 1.29 is 4.74 Å². The molecule has 2 aromatic rings. The number of fused-ring (bicyclic) bond motifs is 1. The van der Waals surface area contributed by atoms with Gasteiger partial charge in [0.15, 0.2) is 0 Å². The van der Waals surface area contributed by atoms with Crippen molar-refractivity contribution in [3.05, 3.63) is 48.6 Å². The fraction of sp³-hybridized carbons (Fsp3) is 0.143. The van der Waals surface area contributed by atoms with Gasteiger partial charge in [0.05, 0.1) is 7.11 Å². The van der Waals surface area contributed by atoms with E-state index in [0.29, 0.717) is 0 Å². The molecular weight excluding hydrogens is 195 g/mol. The highest BCUT2D eigenvalue weighted by Gasteiger charge is 2.06. The molecule has 0 bridgehead atoms. The van der Waals surface area contributed by atoms with Crippen LogP contribution < -0.4 is 10.2 Å². The van der Waals surface area contributed by atoms with E-state index in [1.807, 2.05) is 12.1 Å². The molecule has 80 valence electrons. The Morgan fingerprint density at radius 2 is 2.06 bits per heavy atom. The first-order valence-corrected chi connectivity index (χ1v) is 5.43. The zero-order chi connectivity index (χ0) is 11.5. The summed E-state index contributed by atoms with van der Waals surface area (Å²) < 4.78 is 5.40. The molecule has 1 nitrogen and oxygen atoms in total. The average Bonchev–Trinajstić information content (AvgIpc) is 2.30. The van der Waals surface area contributed by atoms with E-state index < -0.39 is 0 Å². The Bertz CT molecular complexity index is 531. The fourth-order valence-corrected chi connectivity index (χ4v) is 2.02. The van der Waals surface area contributed by atoms with Crippen LogP contribution in [0.5, 0.6) is 5.75 Å². The van der Waals surface area contributed by atoms with Gasteiger partial charge in [0.1, 0.15) is 13.6 Å². The predicted molar refractivity (Wildman–Crippen MR) is 72.6 cm³/mol. The van der Waals surface area contributed by atoms with Crippen molar-refractivity contribution in [2.24, 2.45) is 0 Å². The van der Waals surface area contributed by atoms with Crippen LogP contribution in [0.1, 0.15) is 5.56 Å². The molecule has 0 heterocycles. The van der Waals surface area contributed by atoms with E-state index in [1.54, 1.807) is 7.11 Å². The molecule has 0 amide bonds. The van der Waals surface area contributed by atoms with Gasteiger partial charge in [0.25, 0.3) is 0 Å². The molecule has 0 aliphatic rings. The Morgan fingerprint density at radius 1 is 1.31 bits per heavy atom. The Hall–Kier alpha value is -1.70. The number of hydrogen-bond acceptors (Lipinski definition) is 1. The zero-order valence-electron chi connectivity index (χ0n) is 9.79. The van der Waals surface area contributed by atoms with Crippen LogP contribution in [0.2, 0.25) is 0 Å². The number of methoxy groups -OCH3 is 1.